The van der Waals surface area contributed by atoms with Crippen molar-refractivity contribution in [1.82, 2.24) is 8.96 Å². The first-order valence-electron chi connectivity index (χ1n) is 5.61. The maximum absolute atomic E-state index is 12.0. The lowest BCUT2D eigenvalue weighted by atomic mass is 10.2. The molecule has 0 aliphatic heterocycles. The summed E-state index contributed by atoms with van der Waals surface area (Å²) in [6.45, 7) is 3.54. The molecule has 0 saturated carbocycles. The summed E-state index contributed by atoms with van der Waals surface area (Å²) in [5.41, 5.74) is 7.14. The average Bonchev–Trinajstić information content (AvgIpc) is 2.55. The fraction of sp³-hybridized carbons (Fsp3) is 0.364. The third-order valence-corrected chi connectivity index (χ3v) is 4.61. The van der Waals surface area contributed by atoms with Gasteiger partial charge in [-0.05, 0) is 31.0 Å². The number of fused-ring (bicyclic) bond motifs is 1. The van der Waals surface area contributed by atoms with Crippen molar-refractivity contribution in [3.8, 4) is 0 Å². The summed E-state index contributed by atoms with van der Waals surface area (Å²) in [7, 11) is -3.64. The summed E-state index contributed by atoms with van der Waals surface area (Å²) >= 11 is 0. The average molecular weight is 269 g/mol. The molecule has 7 heteroatoms. The number of aromatic nitrogens is 2. The van der Waals surface area contributed by atoms with Gasteiger partial charge in [0.25, 0.3) is 0 Å². The van der Waals surface area contributed by atoms with E-state index in [4.69, 9.17) is 5.73 Å². The van der Waals surface area contributed by atoms with E-state index in [-0.39, 0.29) is 5.75 Å². The molecular weight excluding hydrogens is 254 g/mol. The minimum absolute atomic E-state index is 0.0758. The molecule has 0 amide bonds. The van der Waals surface area contributed by atoms with Crippen molar-refractivity contribution in [3.63, 3.8) is 0 Å². The standard InChI is InChI=1S/C11H15N3O3S/c1-3-4-18(16,17)14-10-6-8(12)7(2)5-9(10)13-11(14)15/h5-6H,3-4,12H2,1-2H3,(H,13,15). The predicted octanol–water partition coefficient (Wildman–Crippen LogP) is 0.808. The normalized spacial score (nSPS) is 12.1. The Morgan fingerprint density at radius 2 is 2.06 bits per heavy atom. The summed E-state index contributed by atoms with van der Waals surface area (Å²) in [6.07, 6.45) is 0.447. The number of aromatic amines is 1. The van der Waals surface area contributed by atoms with Crippen LogP contribution in [-0.4, -0.2) is 23.1 Å². The maximum Gasteiger partial charge on any atom is 0.340 e. The number of nitrogen functional groups attached to an aromatic ring is 1. The van der Waals surface area contributed by atoms with Gasteiger partial charge in [0.15, 0.2) is 0 Å². The lowest BCUT2D eigenvalue weighted by Crippen LogP contribution is -2.27. The van der Waals surface area contributed by atoms with Crippen molar-refractivity contribution in [2.75, 3.05) is 11.5 Å². The van der Waals surface area contributed by atoms with Gasteiger partial charge in [0.2, 0.25) is 10.0 Å². The van der Waals surface area contributed by atoms with E-state index < -0.39 is 15.7 Å². The number of anilines is 1. The summed E-state index contributed by atoms with van der Waals surface area (Å²) in [4.78, 5) is 14.3. The number of nitrogens with two attached hydrogens (primary N) is 1. The van der Waals surface area contributed by atoms with Gasteiger partial charge in [-0.25, -0.2) is 13.2 Å². The predicted molar refractivity (Wildman–Crippen MR) is 71.2 cm³/mol. The topological polar surface area (TPSA) is 98.0 Å². The highest BCUT2D eigenvalue weighted by Crippen LogP contribution is 2.20. The highest BCUT2D eigenvalue weighted by atomic mass is 32.2. The maximum atomic E-state index is 12.0. The van der Waals surface area contributed by atoms with Crippen molar-refractivity contribution in [2.45, 2.75) is 20.3 Å². The molecule has 0 bridgehead atoms. The minimum atomic E-state index is -3.64. The van der Waals surface area contributed by atoms with Crippen LogP contribution in [0.3, 0.4) is 0 Å². The number of aryl methyl sites for hydroxylation is 1. The Morgan fingerprint density at radius 1 is 1.39 bits per heavy atom. The van der Waals surface area contributed by atoms with Gasteiger partial charge >= 0.3 is 5.69 Å². The fourth-order valence-electron chi connectivity index (χ4n) is 1.88. The Morgan fingerprint density at radius 3 is 2.67 bits per heavy atom. The second-order valence-electron chi connectivity index (χ2n) is 4.24. The van der Waals surface area contributed by atoms with Gasteiger partial charge in [0.05, 0.1) is 16.8 Å². The number of hydrogen-bond acceptors (Lipinski definition) is 4. The van der Waals surface area contributed by atoms with Crippen molar-refractivity contribution >= 4 is 26.7 Å². The van der Waals surface area contributed by atoms with E-state index in [1.54, 1.807) is 19.9 Å². The van der Waals surface area contributed by atoms with E-state index in [2.05, 4.69) is 4.98 Å². The van der Waals surface area contributed by atoms with Crippen LogP contribution in [-0.2, 0) is 10.0 Å². The second kappa shape index (κ2) is 4.16. The number of H-pyrrole nitrogens is 1. The van der Waals surface area contributed by atoms with Crippen molar-refractivity contribution in [1.29, 1.82) is 0 Å². The molecule has 98 valence electrons. The summed E-state index contributed by atoms with van der Waals surface area (Å²) in [5.74, 6) is -0.0758. The van der Waals surface area contributed by atoms with Crippen LogP contribution >= 0.6 is 0 Å². The molecule has 0 atom stereocenters. The van der Waals surface area contributed by atoms with Gasteiger partial charge in [0.1, 0.15) is 0 Å². The summed E-state index contributed by atoms with van der Waals surface area (Å²) < 4.78 is 24.8. The van der Waals surface area contributed by atoms with Crippen LogP contribution < -0.4 is 11.4 Å². The largest absolute Gasteiger partial charge is 0.398 e. The van der Waals surface area contributed by atoms with Gasteiger partial charge in [-0.15, -0.1) is 0 Å². The zero-order chi connectivity index (χ0) is 13.5. The number of rotatable bonds is 3. The molecule has 2 aromatic rings. The highest BCUT2D eigenvalue weighted by molar-refractivity contribution is 7.90. The first kappa shape index (κ1) is 12.7. The Labute approximate surface area is 104 Å². The van der Waals surface area contributed by atoms with Gasteiger partial charge in [-0.2, -0.15) is 3.97 Å². The zero-order valence-corrected chi connectivity index (χ0v) is 11.0. The molecule has 2 rings (SSSR count). The van der Waals surface area contributed by atoms with E-state index in [0.29, 0.717) is 23.1 Å². The van der Waals surface area contributed by atoms with Crippen molar-refractivity contribution in [3.05, 3.63) is 28.2 Å². The molecule has 1 heterocycles. The molecule has 18 heavy (non-hydrogen) atoms. The van der Waals surface area contributed by atoms with E-state index in [1.807, 2.05) is 0 Å². The van der Waals surface area contributed by atoms with Crippen LogP contribution in [0.2, 0.25) is 0 Å². The van der Waals surface area contributed by atoms with E-state index in [9.17, 15) is 13.2 Å². The molecule has 0 radical (unpaired) electrons. The Bertz CT molecular complexity index is 756. The van der Waals surface area contributed by atoms with Crippen LogP contribution in [0.25, 0.3) is 11.0 Å². The molecule has 6 nitrogen and oxygen atoms in total. The molecule has 1 aromatic carbocycles. The van der Waals surface area contributed by atoms with E-state index >= 15 is 0 Å². The molecule has 3 N–H and O–H groups in total. The summed E-state index contributed by atoms with van der Waals surface area (Å²) in [6, 6.07) is 3.18. The third-order valence-electron chi connectivity index (χ3n) is 2.77. The van der Waals surface area contributed by atoms with Crippen LogP contribution in [0.1, 0.15) is 18.9 Å². The number of imidazole rings is 1. The van der Waals surface area contributed by atoms with Gasteiger partial charge in [-0.1, -0.05) is 6.92 Å². The Balaban J connectivity index is 2.84. The molecule has 0 saturated heterocycles. The van der Waals surface area contributed by atoms with Gasteiger partial charge in [0, 0.05) is 5.69 Å². The SMILES string of the molecule is CCCS(=O)(=O)n1c(=O)[nH]c2cc(C)c(N)cc21. The van der Waals surface area contributed by atoms with Gasteiger partial charge in [-0.3, -0.25) is 0 Å². The van der Waals surface area contributed by atoms with E-state index in [1.165, 1.54) is 6.07 Å². The Hall–Kier alpha value is -1.76. The summed E-state index contributed by atoms with van der Waals surface area (Å²) in [5, 5.41) is 0. The van der Waals surface area contributed by atoms with E-state index in [0.717, 1.165) is 9.54 Å². The third kappa shape index (κ3) is 1.90. The number of benzene rings is 1. The van der Waals surface area contributed by atoms with Crippen LogP contribution in [0.5, 0.6) is 0 Å². The molecule has 0 spiro atoms. The zero-order valence-electron chi connectivity index (χ0n) is 10.2. The number of nitrogens with one attached hydrogen (secondary N) is 1. The lowest BCUT2D eigenvalue weighted by Gasteiger charge is -2.05. The number of hydrogen-bond donors (Lipinski definition) is 2. The monoisotopic (exact) mass is 269 g/mol. The minimum Gasteiger partial charge on any atom is -0.398 e. The van der Waals surface area contributed by atoms with Crippen molar-refractivity contribution in [2.24, 2.45) is 0 Å². The van der Waals surface area contributed by atoms with Crippen LogP contribution in [0.15, 0.2) is 16.9 Å². The first-order valence-corrected chi connectivity index (χ1v) is 7.22. The molecule has 0 aliphatic rings. The second-order valence-corrected chi connectivity index (χ2v) is 6.17. The molecule has 1 aromatic heterocycles. The molecule has 0 aliphatic carbocycles. The molecular formula is C11H15N3O3S. The Kier molecular flexibility index (Phi) is 2.94. The highest BCUT2D eigenvalue weighted by Gasteiger charge is 2.19. The smallest absolute Gasteiger partial charge is 0.340 e. The molecule has 0 unspecified atom stereocenters. The lowest BCUT2D eigenvalue weighted by molar-refractivity contribution is 0.586. The van der Waals surface area contributed by atoms with Crippen LogP contribution in [0, 0.1) is 6.92 Å². The number of nitrogens with zero attached hydrogens (tertiary/aromatic N) is 1. The fourth-order valence-corrected chi connectivity index (χ4v) is 3.33. The van der Waals surface area contributed by atoms with Crippen molar-refractivity contribution < 1.29 is 8.42 Å². The first-order chi connectivity index (χ1) is 8.36. The van der Waals surface area contributed by atoms with Gasteiger partial charge < -0.3 is 10.7 Å². The quantitative estimate of drug-likeness (QED) is 0.805. The molecule has 0 fully saturated rings. The van der Waals surface area contributed by atoms with Crippen LogP contribution in [0.4, 0.5) is 5.69 Å².